The summed E-state index contributed by atoms with van der Waals surface area (Å²) in [6.07, 6.45) is 2.17. The molecule has 0 aliphatic heterocycles. The lowest BCUT2D eigenvalue weighted by Gasteiger charge is -2.09. The van der Waals surface area contributed by atoms with Crippen LogP contribution in [0.2, 0.25) is 0 Å². The van der Waals surface area contributed by atoms with E-state index in [9.17, 15) is 5.11 Å². The van der Waals surface area contributed by atoms with Crippen LogP contribution in [0, 0.1) is 0 Å². The minimum atomic E-state index is -0.450. The van der Waals surface area contributed by atoms with Gasteiger partial charge in [-0.2, -0.15) is 0 Å². The Morgan fingerprint density at radius 2 is 2.20 bits per heavy atom. The minimum Gasteiger partial charge on any atom is -0.388 e. The number of rotatable bonds is 3. The standard InChI is InChI=1S/C12H16N2O/c1-14-7-5-9-2-3-10(8-11(9)14)12(15)4-6-13/h2-3,5,7-8,12,15H,4,6,13H2,1H3. The molecule has 3 nitrogen and oxygen atoms in total. The lowest BCUT2D eigenvalue weighted by atomic mass is 10.1. The summed E-state index contributed by atoms with van der Waals surface area (Å²) >= 11 is 0. The highest BCUT2D eigenvalue weighted by Gasteiger charge is 2.07. The molecule has 0 aliphatic rings. The molecule has 0 aliphatic carbocycles. The van der Waals surface area contributed by atoms with Crippen molar-refractivity contribution in [3.8, 4) is 0 Å². The van der Waals surface area contributed by atoms with Crippen LogP contribution in [0.25, 0.3) is 10.9 Å². The van der Waals surface area contributed by atoms with E-state index in [0.29, 0.717) is 13.0 Å². The number of hydrogen-bond acceptors (Lipinski definition) is 2. The molecule has 0 saturated heterocycles. The molecule has 0 bridgehead atoms. The van der Waals surface area contributed by atoms with E-state index >= 15 is 0 Å². The molecule has 1 aromatic heterocycles. The maximum absolute atomic E-state index is 9.82. The van der Waals surface area contributed by atoms with Crippen molar-refractivity contribution in [1.29, 1.82) is 0 Å². The molecular formula is C12H16N2O. The van der Waals surface area contributed by atoms with Gasteiger partial charge in [-0.25, -0.2) is 0 Å². The van der Waals surface area contributed by atoms with Crippen LogP contribution >= 0.6 is 0 Å². The largest absolute Gasteiger partial charge is 0.388 e. The molecule has 0 spiro atoms. The van der Waals surface area contributed by atoms with E-state index < -0.39 is 6.10 Å². The van der Waals surface area contributed by atoms with Crippen LogP contribution in [-0.4, -0.2) is 16.2 Å². The number of benzene rings is 1. The fraction of sp³-hybridized carbons (Fsp3) is 0.333. The van der Waals surface area contributed by atoms with Crippen molar-refractivity contribution in [1.82, 2.24) is 4.57 Å². The number of aliphatic hydroxyl groups is 1. The summed E-state index contributed by atoms with van der Waals surface area (Å²) < 4.78 is 2.05. The maximum Gasteiger partial charge on any atom is 0.0802 e. The Morgan fingerprint density at radius 3 is 2.93 bits per heavy atom. The van der Waals surface area contributed by atoms with E-state index in [-0.39, 0.29) is 0 Å². The van der Waals surface area contributed by atoms with E-state index in [1.165, 1.54) is 5.39 Å². The molecule has 15 heavy (non-hydrogen) atoms. The number of nitrogens with zero attached hydrogens (tertiary/aromatic N) is 1. The number of aromatic nitrogens is 1. The quantitative estimate of drug-likeness (QED) is 0.797. The van der Waals surface area contributed by atoms with Gasteiger partial charge in [-0.15, -0.1) is 0 Å². The third-order valence-corrected chi connectivity index (χ3v) is 2.74. The Balaban J connectivity index is 2.41. The van der Waals surface area contributed by atoms with Gasteiger partial charge in [0.25, 0.3) is 0 Å². The number of nitrogens with two attached hydrogens (primary N) is 1. The lowest BCUT2D eigenvalue weighted by Crippen LogP contribution is -2.06. The maximum atomic E-state index is 9.82. The molecule has 0 saturated carbocycles. The molecule has 2 aromatic rings. The van der Waals surface area contributed by atoms with Gasteiger partial charge >= 0.3 is 0 Å². The van der Waals surface area contributed by atoms with Crippen molar-refractivity contribution in [3.05, 3.63) is 36.0 Å². The monoisotopic (exact) mass is 204 g/mol. The summed E-state index contributed by atoms with van der Waals surface area (Å²) in [5.41, 5.74) is 7.51. The Kier molecular flexibility index (Phi) is 2.75. The second-order valence-corrected chi connectivity index (χ2v) is 3.84. The molecular weight excluding hydrogens is 188 g/mol. The molecule has 1 unspecified atom stereocenters. The third kappa shape index (κ3) is 1.89. The zero-order valence-corrected chi connectivity index (χ0v) is 8.85. The molecule has 3 N–H and O–H groups in total. The zero-order chi connectivity index (χ0) is 10.8. The van der Waals surface area contributed by atoms with Crippen LogP contribution in [0.4, 0.5) is 0 Å². The van der Waals surface area contributed by atoms with E-state index in [1.807, 2.05) is 36.0 Å². The molecule has 1 aromatic carbocycles. The van der Waals surface area contributed by atoms with Gasteiger partial charge in [0.15, 0.2) is 0 Å². The van der Waals surface area contributed by atoms with Gasteiger partial charge in [0.2, 0.25) is 0 Å². The third-order valence-electron chi connectivity index (χ3n) is 2.74. The number of fused-ring (bicyclic) bond motifs is 1. The molecule has 0 fully saturated rings. The molecule has 0 radical (unpaired) electrons. The summed E-state index contributed by atoms with van der Waals surface area (Å²) in [7, 11) is 2.00. The summed E-state index contributed by atoms with van der Waals surface area (Å²) in [6, 6.07) is 8.08. The van der Waals surface area contributed by atoms with E-state index in [2.05, 4.69) is 6.07 Å². The topological polar surface area (TPSA) is 51.2 Å². The van der Waals surface area contributed by atoms with Crippen LogP contribution in [0.1, 0.15) is 18.1 Å². The van der Waals surface area contributed by atoms with Crippen molar-refractivity contribution in [3.63, 3.8) is 0 Å². The van der Waals surface area contributed by atoms with Crippen LogP contribution in [0.5, 0.6) is 0 Å². The molecule has 0 amide bonds. The number of aryl methyl sites for hydroxylation is 1. The molecule has 3 heteroatoms. The van der Waals surface area contributed by atoms with Gasteiger partial charge in [-0.1, -0.05) is 12.1 Å². The van der Waals surface area contributed by atoms with Gasteiger partial charge in [-0.05, 0) is 36.0 Å². The zero-order valence-electron chi connectivity index (χ0n) is 8.85. The first-order chi connectivity index (χ1) is 7.22. The molecule has 80 valence electrons. The van der Waals surface area contributed by atoms with Gasteiger partial charge in [0, 0.05) is 18.8 Å². The predicted octanol–water partition coefficient (Wildman–Crippen LogP) is 1.56. The first-order valence-corrected chi connectivity index (χ1v) is 5.15. The van der Waals surface area contributed by atoms with Crippen LogP contribution in [0.15, 0.2) is 30.5 Å². The van der Waals surface area contributed by atoms with Gasteiger partial charge in [0.1, 0.15) is 0 Å². The van der Waals surface area contributed by atoms with Crippen molar-refractivity contribution in [2.45, 2.75) is 12.5 Å². The summed E-state index contributed by atoms with van der Waals surface area (Å²) in [4.78, 5) is 0. The second kappa shape index (κ2) is 4.04. The highest BCUT2D eigenvalue weighted by molar-refractivity contribution is 5.80. The van der Waals surface area contributed by atoms with Crippen LogP contribution < -0.4 is 5.73 Å². The fourth-order valence-electron chi connectivity index (χ4n) is 1.81. The first-order valence-electron chi connectivity index (χ1n) is 5.15. The SMILES string of the molecule is Cn1ccc2ccc(C(O)CCN)cc21. The second-order valence-electron chi connectivity index (χ2n) is 3.84. The Hall–Kier alpha value is -1.32. The van der Waals surface area contributed by atoms with E-state index in [4.69, 9.17) is 5.73 Å². The van der Waals surface area contributed by atoms with Crippen molar-refractivity contribution in [2.24, 2.45) is 12.8 Å². The highest BCUT2D eigenvalue weighted by Crippen LogP contribution is 2.22. The Morgan fingerprint density at radius 1 is 1.40 bits per heavy atom. The van der Waals surface area contributed by atoms with Crippen molar-refractivity contribution < 1.29 is 5.11 Å². The fourth-order valence-corrected chi connectivity index (χ4v) is 1.81. The van der Waals surface area contributed by atoms with E-state index in [1.54, 1.807) is 0 Å². The summed E-state index contributed by atoms with van der Waals surface area (Å²) in [5, 5.41) is 11.0. The van der Waals surface area contributed by atoms with Gasteiger partial charge in [0.05, 0.1) is 6.10 Å². The number of aliphatic hydroxyl groups excluding tert-OH is 1. The predicted molar refractivity (Wildman–Crippen MR) is 61.6 cm³/mol. The lowest BCUT2D eigenvalue weighted by molar-refractivity contribution is 0.170. The molecule has 1 heterocycles. The summed E-state index contributed by atoms with van der Waals surface area (Å²) in [6.45, 7) is 0.506. The first kappa shape index (κ1) is 10.2. The van der Waals surface area contributed by atoms with Gasteiger partial charge < -0.3 is 15.4 Å². The van der Waals surface area contributed by atoms with Crippen LogP contribution in [0.3, 0.4) is 0 Å². The van der Waals surface area contributed by atoms with Crippen molar-refractivity contribution in [2.75, 3.05) is 6.54 Å². The van der Waals surface area contributed by atoms with Gasteiger partial charge in [-0.3, -0.25) is 0 Å². The molecule has 1 atom stereocenters. The van der Waals surface area contributed by atoms with E-state index in [0.717, 1.165) is 11.1 Å². The van der Waals surface area contributed by atoms with Crippen molar-refractivity contribution >= 4 is 10.9 Å². The van der Waals surface area contributed by atoms with Crippen LogP contribution in [-0.2, 0) is 7.05 Å². The highest BCUT2D eigenvalue weighted by atomic mass is 16.3. The Bertz CT molecular complexity index is 462. The molecule has 2 rings (SSSR count). The Labute approximate surface area is 89.1 Å². The smallest absolute Gasteiger partial charge is 0.0802 e. The minimum absolute atomic E-state index is 0.450. The average molecular weight is 204 g/mol. The summed E-state index contributed by atoms with van der Waals surface area (Å²) in [5.74, 6) is 0. The number of hydrogen-bond donors (Lipinski definition) is 2. The average Bonchev–Trinajstić information content (AvgIpc) is 2.60. The normalized spacial score (nSPS) is 13.3.